The van der Waals surface area contributed by atoms with Gasteiger partial charge in [-0.15, -0.1) is 11.8 Å². The minimum atomic E-state index is -0.00730. The van der Waals surface area contributed by atoms with Crippen LogP contribution in [0.3, 0.4) is 0 Å². The average molecular weight is 237 g/mol. The Morgan fingerprint density at radius 1 is 1.44 bits per heavy atom. The number of nitrogen functional groups attached to an aromatic ring is 1. The molecule has 2 nitrogen and oxygen atoms in total. The molecule has 0 aliphatic carbocycles. The van der Waals surface area contributed by atoms with Crippen molar-refractivity contribution < 1.29 is 4.79 Å². The first-order chi connectivity index (χ1) is 7.58. The third-order valence-electron chi connectivity index (χ3n) is 2.43. The Balaban J connectivity index is 3.01. The van der Waals surface area contributed by atoms with Crippen LogP contribution in [-0.4, -0.2) is 11.5 Å². The number of rotatable bonds is 5. The van der Waals surface area contributed by atoms with Crippen LogP contribution >= 0.6 is 11.8 Å². The van der Waals surface area contributed by atoms with Gasteiger partial charge in [0.05, 0.1) is 0 Å². The van der Waals surface area contributed by atoms with E-state index in [-0.39, 0.29) is 5.92 Å². The molecule has 1 atom stereocenters. The molecule has 0 heterocycles. The maximum Gasteiger partial charge on any atom is 0.127 e. The molecule has 1 aromatic carbocycles. The number of thioether (sulfide) groups is 1. The van der Waals surface area contributed by atoms with Gasteiger partial charge in [-0.2, -0.15) is 0 Å². The lowest BCUT2D eigenvalue weighted by atomic mass is 9.98. The van der Waals surface area contributed by atoms with Gasteiger partial charge in [0.15, 0.2) is 0 Å². The first-order valence-electron chi connectivity index (χ1n) is 5.59. The van der Waals surface area contributed by atoms with Crippen LogP contribution in [0.15, 0.2) is 23.1 Å². The molecular formula is C13H19NOS. The fourth-order valence-electron chi connectivity index (χ4n) is 1.55. The number of benzene rings is 1. The predicted molar refractivity (Wildman–Crippen MR) is 70.9 cm³/mol. The van der Waals surface area contributed by atoms with E-state index in [1.54, 1.807) is 11.8 Å². The Morgan fingerprint density at radius 3 is 2.62 bits per heavy atom. The molecule has 0 bridgehead atoms. The van der Waals surface area contributed by atoms with E-state index in [1.807, 2.05) is 25.1 Å². The number of carbonyl (C=O) groups excluding carboxylic acids is 1. The molecule has 16 heavy (non-hydrogen) atoms. The topological polar surface area (TPSA) is 43.1 Å². The summed E-state index contributed by atoms with van der Waals surface area (Å²) in [5, 5.41) is 0.494. The minimum Gasteiger partial charge on any atom is -0.398 e. The molecule has 2 N–H and O–H groups in total. The first kappa shape index (κ1) is 13.1. The van der Waals surface area contributed by atoms with Crippen molar-refractivity contribution in [3.05, 3.63) is 23.8 Å². The van der Waals surface area contributed by atoms with Crippen molar-refractivity contribution in [1.82, 2.24) is 0 Å². The van der Waals surface area contributed by atoms with Crippen molar-refractivity contribution in [1.29, 1.82) is 0 Å². The van der Waals surface area contributed by atoms with Crippen molar-refractivity contribution in [2.75, 3.05) is 5.73 Å². The summed E-state index contributed by atoms with van der Waals surface area (Å²) < 4.78 is 0. The van der Waals surface area contributed by atoms with Gasteiger partial charge in [-0.3, -0.25) is 0 Å². The Bertz CT molecular complexity index is 363. The van der Waals surface area contributed by atoms with Crippen molar-refractivity contribution in [2.45, 2.75) is 43.3 Å². The van der Waals surface area contributed by atoms with E-state index in [2.05, 4.69) is 13.8 Å². The van der Waals surface area contributed by atoms with Gasteiger partial charge in [-0.05, 0) is 24.1 Å². The monoisotopic (exact) mass is 237 g/mol. The largest absolute Gasteiger partial charge is 0.398 e. The van der Waals surface area contributed by atoms with Gasteiger partial charge in [0.25, 0.3) is 0 Å². The minimum absolute atomic E-state index is 0.00730. The number of carbonyl (C=O) groups is 1. The van der Waals surface area contributed by atoms with Gasteiger partial charge in [0.1, 0.15) is 6.29 Å². The lowest BCUT2D eigenvalue weighted by Gasteiger charge is -2.13. The molecule has 88 valence electrons. The van der Waals surface area contributed by atoms with E-state index in [4.69, 9.17) is 5.73 Å². The number of aldehydes is 1. The van der Waals surface area contributed by atoms with Gasteiger partial charge >= 0.3 is 0 Å². The van der Waals surface area contributed by atoms with Crippen LogP contribution in [0.1, 0.15) is 38.7 Å². The quantitative estimate of drug-likeness (QED) is 0.484. The summed E-state index contributed by atoms with van der Waals surface area (Å²) >= 11 is 1.74. The molecule has 1 rings (SSSR count). The molecule has 3 heteroatoms. The molecule has 0 fully saturated rings. The number of anilines is 1. The summed E-state index contributed by atoms with van der Waals surface area (Å²) in [6.07, 6.45) is 1.84. The van der Waals surface area contributed by atoms with Crippen LogP contribution in [-0.2, 0) is 4.79 Å². The van der Waals surface area contributed by atoms with Crippen LogP contribution in [0.5, 0.6) is 0 Å². The highest BCUT2D eigenvalue weighted by molar-refractivity contribution is 8.00. The Morgan fingerprint density at radius 2 is 2.12 bits per heavy atom. The lowest BCUT2D eigenvalue weighted by molar-refractivity contribution is -0.109. The summed E-state index contributed by atoms with van der Waals surface area (Å²) in [5.74, 6) is -0.00730. The van der Waals surface area contributed by atoms with Crippen LogP contribution in [0, 0.1) is 0 Å². The average Bonchev–Trinajstić information content (AvgIpc) is 2.23. The molecule has 1 unspecified atom stereocenters. The highest BCUT2D eigenvalue weighted by Gasteiger charge is 2.11. The van der Waals surface area contributed by atoms with Gasteiger partial charge in [-0.25, -0.2) is 0 Å². The normalized spacial score (nSPS) is 12.8. The molecule has 1 aromatic rings. The van der Waals surface area contributed by atoms with E-state index >= 15 is 0 Å². The van der Waals surface area contributed by atoms with Crippen LogP contribution in [0.2, 0.25) is 0 Å². The number of hydrogen-bond donors (Lipinski definition) is 1. The van der Waals surface area contributed by atoms with Gasteiger partial charge in [-0.1, -0.05) is 26.8 Å². The van der Waals surface area contributed by atoms with E-state index in [0.717, 1.165) is 28.9 Å². The van der Waals surface area contributed by atoms with Gasteiger partial charge in [0, 0.05) is 21.8 Å². The third kappa shape index (κ3) is 3.27. The van der Waals surface area contributed by atoms with Gasteiger partial charge in [0.2, 0.25) is 0 Å². The molecule has 0 spiro atoms. The summed E-state index contributed by atoms with van der Waals surface area (Å²) in [4.78, 5) is 12.0. The van der Waals surface area contributed by atoms with Crippen LogP contribution in [0.25, 0.3) is 0 Å². The fourth-order valence-corrected chi connectivity index (χ4v) is 2.46. The summed E-state index contributed by atoms with van der Waals surface area (Å²) in [7, 11) is 0. The predicted octanol–water partition coefficient (Wildman–Crippen LogP) is 3.46. The number of nitrogens with two attached hydrogens (primary N) is 1. The fraction of sp³-hybridized carbons (Fsp3) is 0.462. The van der Waals surface area contributed by atoms with Crippen molar-refractivity contribution >= 4 is 23.7 Å². The first-order valence-corrected chi connectivity index (χ1v) is 6.47. The SMILES string of the molecule is CCC(C=O)c1ccc(N)c(SC(C)C)c1. The summed E-state index contributed by atoms with van der Waals surface area (Å²) in [6, 6.07) is 5.89. The van der Waals surface area contributed by atoms with E-state index < -0.39 is 0 Å². The zero-order valence-electron chi connectivity index (χ0n) is 10.1. The van der Waals surface area contributed by atoms with Crippen molar-refractivity contribution in [3.8, 4) is 0 Å². The summed E-state index contributed by atoms with van der Waals surface area (Å²) in [5.41, 5.74) is 7.77. The van der Waals surface area contributed by atoms with E-state index in [1.165, 1.54) is 0 Å². The standard InChI is InChI=1S/C13H19NOS/c1-4-10(8-15)11-5-6-12(14)13(7-11)16-9(2)3/h5-10H,4,14H2,1-3H3. The maximum absolute atomic E-state index is 10.9. The molecule has 0 radical (unpaired) electrons. The Kier molecular flexibility index (Phi) is 4.87. The molecular weight excluding hydrogens is 218 g/mol. The highest BCUT2D eigenvalue weighted by atomic mass is 32.2. The van der Waals surface area contributed by atoms with Crippen LogP contribution in [0.4, 0.5) is 5.69 Å². The van der Waals surface area contributed by atoms with E-state index in [0.29, 0.717) is 5.25 Å². The highest BCUT2D eigenvalue weighted by Crippen LogP contribution is 2.31. The molecule has 0 aromatic heterocycles. The second-order valence-corrected chi connectivity index (χ2v) is 5.73. The molecule has 0 saturated carbocycles. The second kappa shape index (κ2) is 5.94. The summed E-state index contributed by atoms with van der Waals surface area (Å²) in [6.45, 7) is 6.28. The number of hydrogen-bond acceptors (Lipinski definition) is 3. The van der Waals surface area contributed by atoms with Crippen molar-refractivity contribution in [3.63, 3.8) is 0 Å². The zero-order chi connectivity index (χ0) is 12.1. The zero-order valence-corrected chi connectivity index (χ0v) is 10.9. The molecule has 0 saturated heterocycles. The second-order valence-electron chi connectivity index (χ2n) is 4.11. The van der Waals surface area contributed by atoms with Gasteiger partial charge < -0.3 is 10.5 Å². The third-order valence-corrected chi connectivity index (χ3v) is 3.51. The van der Waals surface area contributed by atoms with E-state index in [9.17, 15) is 4.79 Å². The Labute approximate surface area is 102 Å². The Hall–Kier alpha value is -0.960. The molecule has 0 amide bonds. The lowest BCUT2D eigenvalue weighted by Crippen LogP contribution is -2.00. The van der Waals surface area contributed by atoms with Crippen LogP contribution < -0.4 is 5.73 Å². The maximum atomic E-state index is 10.9. The molecule has 0 aliphatic rings. The molecule has 0 aliphatic heterocycles. The van der Waals surface area contributed by atoms with Crippen molar-refractivity contribution in [2.24, 2.45) is 0 Å². The smallest absolute Gasteiger partial charge is 0.127 e.